The first-order valence-electron chi connectivity index (χ1n) is 7.40. The molecule has 0 spiro atoms. The summed E-state index contributed by atoms with van der Waals surface area (Å²) in [5.74, 6) is 0.127. The maximum atomic E-state index is 12.1. The summed E-state index contributed by atoms with van der Waals surface area (Å²) in [7, 11) is 1.49. The van der Waals surface area contributed by atoms with Crippen molar-refractivity contribution in [2.45, 2.75) is 46.3 Å². The number of nitrogens with zero attached hydrogens (tertiary/aromatic N) is 1. The third-order valence-corrected chi connectivity index (χ3v) is 2.89. The van der Waals surface area contributed by atoms with E-state index in [0.29, 0.717) is 5.71 Å². The lowest BCUT2D eigenvalue weighted by Gasteiger charge is -2.26. The number of amides is 1. The molecule has 1 aromatic carbocycles. The third kappa shape index (κ3) is 5.76. The molecule has 122 valence electrons. The Hall–Kier alpha value is -2.04. The van der Waals surface area contributed by atoms with Gasteiger partial charge >= 0.3 is 6.09 Å². The van der Waals surface area contributed by atoms with Gasteiger partial charge < -0.3 is 14.9 Å². The zero-order chi connectivity index (χ0) is 16.8. The maximum absolute atomic E-state index is 12.1. The van der Waals surface area contributed by atoms with E-state index >= 15 is 0 Å². The fourth-order valence-corrected chi connectivity index (χ4v) is 1.98. The van der Waals surface area contributed by atoms with Gasteiger partial charge in [-0.2, -0.15) is 0 Å². The lowest BCUT2D eigenvalue weighted by atomic mass is 9.94. The predicted octanol–water partition coefficient (Wildman–Crippen LogP) is 3.59. The smallest absolute Gasteiger partial charge is 0.408 e. The van der Waals surface area contributed by atoms with Crippen LogP contribution >= 0.6 is 0 Å². The molecule has 0 aromatic heterocycles. The number of hydrogen-bond donors (Lipinski definition) is 1. The second-order valence-corrected chi connectivity index (χ2v) is 6.39. The Morgan fingerprint density at radius 2 is 1.77 bits per heavy atom. The molecular formula is C17H26N2O3. The molecule has 0 heterocycles. The quantitative estimate of drug-likeness (QED) is 0.668. The number of carbonyl (C=O) groups is 1. The highest BCUT2D eigenvalue weighted by Crippen LogP contribution is 2.14. The highest BCUT2D eigenvalue weighted by molar-refractivity contribution is 6.05. The van der Waals surface area contributed by atoms with Gasteiger partial charge in [0.1, 0.15) is 18.4 Å². The molecule has 0 radical (unpaired) electrons. The third-order valence-electron chi connectivity index (χ3n) is 2.89. The van der Waals surface area contributed by atoms with Crippen molar-refractivity contribution < 1.29 is 14.4 Å². The van der Waals surface area contributed by atoms with Crippen molar-refractivity contribution in [2.24, 2.45) is 11.1 Å². The van der Waals surface area contributed by atoms with E-state index in [9.17, 15) is 4.79 Å². The lowest BCUT2D eigenvalue weighted by Crippen LogP contribution is -2.46. The fraction of sp³-hybridized carbons (Fsp3) is 0.529. The number of nitrogens with one attached hydrogen (secondary N) is 1. The zero-order valence-electron chi connectivity index (χ0n) is 14.2. The van der Waals surface area contributed by atoms with Crippen LogP contribution in [0.3, 0.4) is 0 Å². The van der Waals surface area contributed by atoms with Crippen LogP contribution in [-0.2, 0) is 9.57 Å². The molecule has 0 fully saturated rings. The van der Waals surface area contributed by atoms with Crippen LogP contribution in [-0.4, -0.2) is 30.6 Å². The van der Waals surface area contributed by atoms with E-state index in [0.717, 1.165) is 5.56 Å². The Bertz CT molecular complexity index is 504. The molecule has 0 aliphatic heterocycles. The highest BCUT2D eigenvalue weighted by atomic mass is 16.6. The van der Waals surface area contributed by atoms with Crippen LogP contribution in [0.2, 0.25) is 0 Å². The number of oxime groups is 1. The summed E-state index contributed by atoms with van der Waals surface area (Å²) in [5, 5.41) is 7.00. The minimum Gasteiger partial charge on any atom is -0.444 e. The van der Waals surface area contributed by atoms with Gasteiger partial charge in [0, 0.05) is 5.56 Å². The van der Waals surface area contributed by atoms with Gasteiger partial charge in [0.05, 0.1) is 6.04 Å². The number of ether oxygens (including phenoxy) is 1. The van der Waals surface area contributed by atoms with Crippen molar-refractivity contribution in [1.82, 2.24) is 5.32 Å². The molecule has 0 bridgehead atoms. The molecule has 0 aliphatic rings. The molecule has 0 saturated heterocycles. The van der Waals surface area contributed by atoms with Gasteiger partial charge in [-0.25, -0.2) is 4.79 Å². The van der Waals surface area contributed by atoms with Gasteiger partial charge in [-0.1, -0.05) is 49.3 Å². The summed E-state index contributed by atoms with van der Waals surface area (Å²) in [4.78, 5) is 17.1. The van der Waals surface area contributed by atoms with E-state index in [-0.39, 0.29) is 12.0 Å². The second-order valence-electron chi connectivity index (χ2n) is 6.39. The molecule has 1 N–H and O–H groups in total. The van der Waals surface area contributed by atoms with Gasteiger partial charge in [0.15, 0.2) is 0 Å². The van der Waals surface area contributed by atoms with E-state index in [1.807, 2.05) is 65.0 Å². The number of alkyl carbamates (subject to hydrolysis) is 1. The van der Waals surface area contributed by atoms with Crippen molar-refractivity contribution in [2.75, 3.05) is 7.11 Å². The number of carbonyl (C=O) groups excluding carboxylic acids is 1. The van der Waals surface area contributed by atoms with E-state index in [4.69, 9.17) is 9.57 Å². The largest absolute Gasteiger partial charge is 0.444 e. The predicted molar refractivity (Wildman–Crippen MR) is 88.0 cm³/mol. The van der Waals surface area contributed by atoms with E-state index < -0.39 is 11.7 Å². The fourth-order valence-electron chi connectivity index (χ4n) is 1.98. The Kier molecular flexibility index (Phi) is 6.40. The van der Waals surface area contributed by atoms with Crippen LogP contribution in [0.4, 0.5) is 4.79 Å². The summed E-state index contributed by atoms with van der Waals surface area (Å²) >= 11 is 0. The van der Waals surface area contributed by atoms with Crippen molar-refractivity contribution in [3.8, 4) is 0 Å². The molecule has 0 saturated carbocycles. The van der Waals surface area contributed by atoms with Crippen LogP contribution in [0, 0.1) is 5.92 Å². The molecular weight excluding hydrogens is 280 g/mol. The molecule has 0 aliphatic carbocycles. The minimum atomic E-state index is -0.545. The lowest BCUT2D eigenvalue weighted by molar-refractivity contribution is 0.0507. The Balaban J connectivity index is 3.01. The van der Waals surface area contributed by atoms with Crippen LogP contribution in [0.25, 0.3) is 0 Å². The molecule has 1 aromatic rings. The second kappa shape index (κ2) is 7.82. The molecule has 1 amide bonds. The molecule has 1 unspecified atom stereocenters. The van der Waals surface area contributed by atoms with Crippen molar-refractivity contribution in [3.05, 3.63) is 35.9 Å². The molecule has 22 heavy (non-hydrogen) atoms. The monoisotopic (exact) mass is 306 g/mol. The van der Waals surface area contributed by atoms with E-state index in [1.54, 1.807) is 0 Å². The minimum absolute atomic E-state index is 0.127. The average Bonchev–Trinajstić information content (AvgIpc) is 2.41. The Labute approximate surface area is 132 Å². The number of benzene rings is 1. The summed E-state index contributed by atoms with van der Waals surface area (Å²) in [6.45, 7) is 9.52. The van der Waals surface area contributed by atoms with Crippen LogP contribution in [0.5, 0.6) is 0 Å². The van der Waals surface area contributed by atoms with Crippen molar-refractivity contribution in [1.29, 1.82) is 0 Å². The highest BCUT2D eigenvalue weighted by Gasteiger charge is 2.26. The SMILES string of the molecule is CO/N=C(\c1ccccc1)C(NC(=O)OC(C)(C)C)C(C)C. The Morgan fingerprint density at radius 3 is 2.23 bits per heavy atom. The van der Waals surface area contributed by atoms with Crippen molar-refractivity contribution in [3.63, 3.8) is 0 Å². The summed E-state index contributed by atoms with van der Waals surface area (Å²) in [5.41, 5.74) is 1.03. The number of hydrogen-bond acceptors (Lipinski definition) is 4. The van der Waals surface area contributed by atoms with Gasteiger partial charge in [-0.3, -0.25) is 0 Å². The van der Waals surface area contributed by atoms with Crippen LogP contribution in [0.1, 0.15) is 40.2 Å². The topological polar surface area (TPSA) is 59.9 Å². The van der Waals surface area contributed by atoms with Gasteiger partial charge in [-0.15, -0.1) is 0 Å². The summed E-state index contributed by atoms with van der Waals surface area (Å²) in [6, 6.07) is 9.34. The first-order valence-corrected chi connectivity index (χ1v) is 7.40. The molecule has 5 nitrogen and oxygen atoms in total. The normalized spacial score (nSPS) is 13.7. The molecule has 5 heteroatoms. The first-order chi connectivity index (χ1) is 10.2. The first kappa shape index (κ1) is 18.0. The van der Waals surface area contributed by atoms with Crippen LogP contribution in [0.15, 0.2) is 35.5 Å². The summed E-state index contributed by atoms with van der Waals surface area (Å²) < 4.78 is 5.34. The van der Waals surface area contributed by atoms with E-state index in [1.165, 1.54) is 7.11 Å². The molecule has 1 rings (SSSR count). The summed E-state index contributed by atoms with van der Waals surface area (Å²) in [6.07, 6.45) is -0.467. The zero-order valence-corrected chi connectivity index (χ0v) is 14.2. The van der Waals surface area contributed by atoms with Crippen molar-refractivity contribution >= 4 is 11.8 Å². The van der Waals surface area contributed by atoms with Crippen LogP contribution < -0.4 is 5.32 Å². The van der Waals surface area contributed by atoms with Gasteiger partial charge in [-0.05, 0) is 26.7 Å². The van der Waals surface area contributed by atoms with E-state index in [2.05, 4.69) is 10.5 Å². The molecule has 1 atom stereocenters. The standard InChI is InChI=1S/C17H26N2O3/c1-12(2)14(18-16(20)22-17(3,4)5)15(19-21-6)13-10-8-7-9-11-13/h7-12,14H,1-6H3,(H,18,20)/b19-15+. The average molecular weight is 306 g/mol. The van der Waals surface area contributed by atoms with Gasteiger partial charge in [0.2, 0.25) is 0 Å². The maximum Gasteiger partial charge on any atom is 0.408 e. The Morgan fingerprint density at radius 1 is 1.18 bits per heavy atom. The number of rotatable bonds is 5. The van der Waals surface area contributed by atoms with Gasteiger partial charge in [0.25, 0.3) is 0 Å².